The van der Waals surface area contributed by atoms with Crippen molar-refractivity contribution in [3.8, 4) is 0 Å². The number of ether oxygens (including phenoxy) is 1. The van der Waals surface area contributed by atoms with Crippen LogP contribution in [-0.4, -0.2) is 19.3 Å². The summed E-state index contributed by atoms with van der Waals surface area (Å²) in [5.74, 6) is 1.33. The third-order valence-electron chi connectivity index (χ3n) is 4.35. The van der Waals surface area contributed by atoms with E-state index in [9.17, 15) is 0 Å². The summed E-state index contributed by atoms with van der Waals surface area (Å²) in [6.07, 6.45) is 4.12. The maximum atomic E-state index is 6.09. The number of rotatable bonds is 9. The van der Waals surface area contributed by atoms with Crippen LogP contribution in [0.25, 0.3) is 0 Å². The Labute approximate surface area is 130 Å². The summed E-state index contributed by atoms with van der Waals surface area (Å²) in [6, 6.07) is 9.46. The summed E-state index contributed by atoms with van der Waals surface area (Å²) < 4.78 is 6.09. The van der Waals surface area contributed by atoms with Gasteiger partial charge in [0.2, 0.25) is 0 Å². The predicted molar refractivity (Wildman–Crippen MR) is 89.7 cm³/mol. The van der Waals surface area contributed by atoms with Gasteiger partial charge < -0.3 is 10.1 Å². The first-order valence-electron chi connectivity index (χ1n) is 8.62. The highest BCUT2D eigenvalue weighted by Crippen LogP contribution is 2.40. The minimum atomic E-state index is 0.325. The first-order valence-corrected chi connectivity index (χ1v) is 8.62. The van der Waals surface area contributed by atoms with E-state index < -0.39 is 0 Å². The molecule has 2 rings (SSSR count). The Morgan fingerprint density at radius 1 is 1.10 bits per heavy atom. The van der Waals surface area contributed by atoms with Crippen molar-refractivity contribution in [2.75, 3.05) is 13.2 Å². The molecule has 118 valence electrons. The van der Waals surface area contributed by atoms with Gasteiger partial charge in [0, 0.05) is 6.61 Å². The molecule has 2 nitrogen and oxygen atoms in total. The third-order valence-corrected chi connectivity index (χ3v) is 4.35. The van der Waals surface area contributed by atoms with Crippen LogP contribution in [0.5, 0.6) is 0 Å². The first-order chi connectivity index (χ1) is 10.2. The van der Waals surface area contributed by atoms with E-state index in [1.54, 1.807) is 0 Å². The second-order valence-electron chi connectivity index (χ2n) is 6.51. The van der Waals surface area contributed by atoms with E-state index >= 15 is 0 Å². The monoisotopic (exact) mass is 289 g/mol. The van der Waals surface area contributed by atoms with E-state index in [-0.39, 0.29) is 0 Å². The normalized spacial score (nSPS) is 18.0. The molecule has 2 atom stereocenters. The average Bonchev–Trinajstić information content (AvgIpc) is 3.31. The van der Waals surface area contributed by atoms with Gasteiger partial charge in [-0.3, -0.25) is 0 Å². The van der Waals surface area contributed by atoms with E-state index in [4.69, 9.17) is 4.74 Å². The fraction of sp³-hybridized carbons (Fsp3) is 0.684. The van der Waals surface area contributed by atoms with Gasteiger partial charge in [-0.05, 0) is 55.7 Å². The van der Waals surface area contributed by atoms with Crippen LogP contribution in [-0.2, 0) is 4.74 Å². The molecular weight excluding hydrogens is 258 g/mol. The van der Waals surface area contributed by atoms with Crippen LogP contribution < -0.4 is 5.32 Å². The van der Waals surface area contributed by atoms with Gasteiger partial charge in [0.1, 0.15) is 0 Å². The van der Waals surface area contributed by atoms with Crippen molar-refractivity contribution >= 4 is 0 Å². The highest BCUT2D eigenvalue weighted by atomic mass is 16.5. The maximum Gasteiger partial charge on any atom is 0.0797 e. The molecule has 21 heavy (non-hydrogen) atoms. The Morgan fingerprint density at radius 3 is 2.19 bits per heavy atom. The molecule has 0 aromatic heterocycles. The fourth-order valence-corrected chi connectivity index (χ4v) is 2.93. The van der Waals surface area contributed by atoms with Crippen LogP contribution in [0.2, 0.25) is 0 Å². The summed E-state index contributed by atoms with van der Waals surface area (Å²) in [5.41, 5.74) is 2.78. The average molecular weight is 289 g/mol. The molecule has 1 N–H and O–H groups in total. The standard InChI is InChI=1S/C19H31NO/c1-5-13-20-18(19(21-6-2)17-11-12-17)16-9-7-15(8-10-16)14(3)4/h7-10,14,17-20H,5-6,11-13H2,1-4H3. The van der Waals surface area contributed by atoms with Crippen LogP contribution in [0.1, 0.15) is 70.0 Å². The summed E-state index contributed by atoms with van der Waals surface area (Å²) in [5, 5.41) is 3.72. The van der Waals surface area contributed by atoms with Crippen LogP contribution in [0.4, 0.5) is 0 Å². The highest BCUT2D eigenvalue weighted by molar-refractivity contribution is 5.28. The predicted octanol–water partition coefficient (Wildman–Crippen LogP) is 4.67. The second-order valence-corrected chi connectivity index (χ2v) is 6.51. The van der Waals surface area contributed by atoms with E-state index in [0.717, 1.165) is 25.5 Å². The molecule has 1 aliphatic rings. The van der Waals surface area contributed by atoms with E-state index in [0.29, 0.717) is 18.1 Å². The summed E-state index contributed by atoms with van der Waals surface area (Å²) in [4.78, 5) is 0. The smallest absolute Gasteiger partial charge is 0.0797 e. The molecule has 0 bridgehead atoms. The molecule has 2 unspecified atom stereocenters. The van der Waals surface area contributed by atoms with Gasteiger partial charge in [-0.15, -0.1) is 0 Å². The van der Waals surface area contributed by atoms with Gasteiger partial charge in [-0.1, -0.05) is 45.0 Å². The molecule has 0 spiro atoms. The molecule has 1 aromatic rings. The van der Waals surface area contributed by atoms with Crippen molar-refractivity contribution in [3.63, 3.8) is 0 Å². The van der Waals surface area contributed by atoms with Crippen molar-refractivity contribution in [1.82, 2.24) is 5.32 Å². The van der Waals surface area contributed by atoms with Crippen molar-refractivity contribution in [2.24, 2.45) is 5.92 Å². The SMILES string of the molecule is CCCNC(c1ccc(C(C)C)cc1)C(OCC)C1CC1. The van der Waals surface area contributed by atoms with Crippen molar-refractivity contribution in [3.05, 3.63) is 35.4 Å². The second kappa shape index (κ2) is 7.95. The fourth-order valence-electron chi connectivity index (χ4n) is 2.93. The molecular formula is C19H31NO. The quantitative estimate of drug-likeness (QED) is 0.713. The van der Waals surface area contributed by atoms with E-state index in [1.165, 1.54) is 24.0 Å². The molecule has 0 radical (unpaired) electrons. The molecule has 1 saturated carbocycles. The van der Waals surface area contributed by atoms with Gasteiger partial charge in [0.05, 0.1) is 12.1 Å². The largest absolute Gasteiger partial charge is 0.376 e. The lowest BCUT2D eigenvalue weighted by molar-refractivity contribution is 0.0186. The third kappa shape index (κ3) is 4.55. The Hall–Kier alpha value is -0.860. The van der Waals surface area contributed by atoms with Crippen molar-refractivity contribution in [1.29, 1.82) is 0 Å². The zero-order valence-electron chi connectivity index (χ0n) is 14.1. The van der Waals surface area contributed by atoms with Crippen LogP contribution >= 0.6 is 0 Å². The number of hydrogen-bond donors (Lipinski definition) is 1. The topological polar surface area (TPSA) is 21.3 Å². The van der Waals surface area contributed by atoms with E-state index in [2.05, 4.69) is 57.3 Å². The number of nitrogens with one attached hydrogen (secondary N) is 1. The zero-order valence-corrected chi connectivity index (χ0v) is 14.1. The Kier molecular flexibility index (Phi) is 6.25. The van der Waals surface area contributed by atoms with Crippen molar-refractivity contribution < 1.29 is 4.74 Å². The van der Waals surface area contributed by atoms with Gasteiger partial charge in [-0.25, -0.2) is 0 Å². The summed E-state index contributed by atoms with van der Waals surface area (Å²) in [6.45, 7) is 10.7. The minimum Gasteiger partial charge on any atom is -0.376 e. The van der Waals surface area contributed by atoms with Crippen LogP contribution in [0.3, 0.4) is 0 Å². The molecule has 1 aromatic carbocycles. The molecule has 1 fully saturated rings. The minimum absolute atomic E-state index is 0.325. The Morgan fingerprint density at radius 2 is 1.71 bits per heavy atom. The summed E-state index contributed by atoms with van der Waals surface area (Å²) >= 11 is 0. The van der Waals surface area contributed by atoms with Crippen LogP contribution in [0.15, 0.2) is 24.3 Å². The molecule has 0 aliphatic heterocycles. The van der Waals surface area contributed by atoms with Gasteiger partial charge in [0.25, 0.3) is 0 Å². The lowest BCUT2D eigenvalue weighted by atomic mass is 9.94. The van der Waals surface area contributed by atoms with Gasteiger partial charge >= 0.3 is 0 Å². The molecule has 2 heteroatoms. The summed E-state index contributed by atoms with van der Waals surface area (Å²) in [7, 11) is 0. The molecule has 0 saturated heterocycles. The zero-order chi connectivity index (χ0) is 15.2. The van der Waals surface area contributed by atoms with Crippen molar-refractivity contribution in [2.45, 2.75) is 65.0 Å². The lowest BCUT2D eigenvalue weighted by Crippen LogP contribution is -2.36. The Bertz CT molecular complexity index is 408. The first kappa shape index (κ1) is 16.5. The number of benzene rings is 1. The molecule has 0 heterocycles. The van der Waals surface area contributed by atoms with Gasteiger partial charge in [0.15, 0.2) is 0 Å². The molecule has 1 aliphatic carbocycles. The highest BCUT2D eigenvalue weighted by Gasteiger charge is 2.37. The van der Waals surface area contributed by atoms with Gasteiger partial charge in [-0.2, -0.15) is 0 Å². The van der Waals surface area contributed by atoms with E-state index in [1.807, 2.05) is 0 Å². The van der Waals surface area contributed by atoms with Crippen LogP contribution in [0, 0.1) is 5.92 Å². The lowest BCUT2D eigenvalue weighted by Gasteiger charge is -2.29. The molecule has 0 amide bonds. The maximum absolute atomic E-state index is 6.09. The number of hydrogen-bond acceptors (Lipinski definition) is 2. The Balaban J connectivity index is 2.16.